The Morgan fingerprint density at radius 3 is 2.19 bits per heavy atom. The molecule has 1 unspecified atom stereocenters. The summed E-state index contributed by atoms with van der Waals surface area (Å²) in [6.07, 6.45) is 2.06. The molecule has 1 aromatic carbocycles. The molecule has 0 aliphatic heterocycles. The van der Waals surface area contributed by atoms with Gasteiger partial charge in [0, 0.05) is 32.2 Å². The molecule has 1 aromatic rings. The molecular weight excluding hydrogens is 536 g/mol. The Morgan fingerprint density at radius 1 is 0.976 bits per heavy atom. The monoisotopic (exact) mass is 592 g/mol. The Kier molecular flexibility index (Phi) is 17.3. The van der Waals surface area contributed by atoms with Crippen LogP contribution >= 0.6 is 0 Å². The number of hydrogen-bond acceptors (Lipinski definition) is 7. The Balaban J connectivity index is 2.80. The van der Waals surface area contributed by atoms with Crippen LogP contribution in [0, 0.1) is 29.6 Å². The van der Waals surface area contributed by atoms with Gasteiger partial charge in [-0.1, -0.05) is 60.1 Å². The number of para-hydroxylation sites is 1. The number of ether oxygens (including phenoxy) is 2. The summed E-state index contributed by atoms with van der Waals surface area (Å²) in [6, 6.07) is 5.78. The number of carbonyl (C=O) groups excluding carboxylic acids is 3. The first-order chi connectivity index (χ1) is 19.8. The van der Waals surface area contributed by atoms with Crippen LogP contribution in [0.1, 0.15) is 84.0 Å². The Labute approximate surface area is 252 Å². The van der Waals surface area contributed by atoms with E-state index in [1.165, 1.54) is 0 Å². The lowest BCUT2D eigenvalue weighted by Gasteiger charge is -2.31. The summed E-state index contributed by atoms with van der Waals surface area (Å²) >= 11 is 0. The Bertz CT molecular complexity index is 957. The minimum Gasteiger partial charge on any atom is -0.493 e. The van der Waals surface area contributed by atoms with Gasteiger partial charge < -0.3 is 36.7 Å². The molecule has 7 N–H and O–H groups in total. The third kappa shape index (κ3) is 12.7. The van der Waals surface area contributed by atoms with E-state index in [2.05, 4.69) is 24.5 Å². The molecule has 10 heteroatoms. The molecule has 1 rings (SSSR count). The second-order valence-corrected chi connectivity index (χ2v) is 12.1. The van der Waals surface area contributed by atoms with Gasteiger partial charge in [-0.25, -0.2) is 0 Å². The first-order valence-electron chi connectivity index (χ1n) is 15.4. The zero-order valence-electron chi connectivity index (χ0n) is 26.7. The normalized spacial score (nSPS) is 15.9. The van der Waals surface area contributed by atoms with Crippen LogP contribution in [0.25, 0.3) is 0 Å². The molecule has 0 saturated carbocycles. The van der Waals surface area contributed by atoms with Gasteiger partial charge in [-0.05, 0) is 61.5 Å². The smallest absolute Gasteiger partial charge is 0.255 e. The topological polar surface area (TPSA) is 166 Å². The number of methoxy groups -OCH3 is 1. The summed E-state index contributed by atoms with van der Waals surface area (Å²) in [7, 11) is 1.66. The van der Waals surface area contributed by atoms with E-state index >= 15 is 0 Å². The largest absolute Gasteiger partial charge is 0.493 e. The van der Waals surface area contributed by atoms with Gasteiger partial charge >= 0.3 is 0 Å². The fourth-order valence-corrected chi connectivity index (χ4v) is 4.83. The lowest BCUT2D eigenvalue weighted by molar-refractivity contribution is -0.132. The summed E-state index contributed by atoms with van der Waals surface area (Å²) in [6.45, 7) is 13.2. The average Bonchev–Trinajstić information content (AvgIpc) is 2.95. The van der Waals surface area contributed by atoms with Crippen LogP contribution in [0.3, 0.4) is 0 Å². The van der Waals surface area contributed by atoms with Crippen molar-refractivity contribution in [3.63, 3.8) is 0 Å². The van der Waals surface area contributed by atoms with Crippen LogP contribution in [0.5, 0.6) is 5.75 Å². The molecule has 240 valence electrons. The molecule has 0 aliphatic carbocycles. The first kappa shape index (κ1) is 37.3. The number of rotatable bonds is 21. The number of aliphatic hydroxyl groups excluding tert-OH is 1. The summed E-state index contributed by atoms with van der Waals surface area (Å²) in [5.41, 5.74) is 12.5. The number of carbonyl (C=O) groups is 3. The Morgan fingerprint density at radius 2 is 1.62 bits per heavy atom. The van der Waals surface area contributed by atoms with Crippen LogP contribution in [-0.2, 0) is 14.3 Å². The second-order valence-electron chi connectivity index (χ2n) is 12.1. The van der Waals surface area contributed by atoms with Crippen molar-refractivity contribution in [2.24, 2.45) is 41.1 Å². The number of hydrogen-bond donors (Lipinski definition) is 5. The molecule has 0 fully saturated rings. The van der Waals surface area contributed by atoms with Gasteiger partial charge in [0.15, 0.2) is 0 Å². The molecule has 0 radical (unpaired) electrons. The number of benzene rings is 1. The van der Waals surface area contributed by atoms with E-state index < -0.39 is 30.0 Å². The van der Waals surface area contributed by atoms with E-state index in [1.807, 2.05) is 33.8 Å². The minimum atomic E-state index is -0.942. The van der Waals surface area contributed by atoms with Crippen molar-refractivity contribution in [2.45, 2.75) is 91.8 Å². The average molecular weight is 593 g/mol. The predicted molar refractivity (Wildman–Crippen MR) is 166 cm³/mol. The minimum absolute atomic E-state index is 0.00306. The van der Waals surface area contributed by atoms with Crippen molar-refractivity contribution in [2.75, 3.05) is 26.9 Å². The van der Waals surface area contributed by atoms with Crippen molar-refractivity contribution in [3.05, 3.63) is 29.8 Å². The van der Waals surface area contributed by atoms with Gasteiger partial charge in [0.25, 0.3) is 5.91 Å². The SMILES string of the molecule is CCC(C)[C@H](NC(=O)[C@@H](C[C@H](O)[C@@H](N)C[C@H](CNC(=O)c1ccccc1OCCCCOC)C(C)C)C(C)C)C(N)=O. The maximum absolute atomic E-state index is 13.1. The Hall–Kier alpha value is -2.69. The van der Waals surface area contributed by atoms with Crippen molar-refractivity contribution < 1.29 is 29.0 Å². The number of unbranched alkanes of at least 4 members (excludes halogenated alkanes) is 1. The van der Waals surface area contributed by atoms with E-state index in [1.54, 1.807) is 25.3 Å². The molecule has 0 spiro atoms. The van der Waals surface area contributed by atoms with Crippen molar-refractivity contribution in [3.8, 4) is 5.75 Å². The highest BCUT2D eigenvalue weighted by molar-refractivity contribution is 5.96. The van der Waals surface area contributed by atoms with Crippen LogP contribution in [0.2, 0.25) is 0 Å². The molecule has 0 aromatic heterocycles. The summed E-state index contributed by atoms with van der Waals surface area (Å²) < 4.78 is 10.9. The highest BCUT2D eigenvalue weighted by Crippen LogP contribution is 2.24. The first-order valence-corrected chi connectivity index (χ1v) is 15.4. The lowest BCUT2D eigenvalue weighted by Crippen LogP contribution is -2.51. The molecular formula is C32H56N4O6. The van der Waals surface area contributed by atoms with E-state index in [4.69, 9.17) is 20.9 Å². The maximum atomic E-state index is 13.1. The van der Waals surface area contributed by atoms with Gasteiger partial charge in [-0.3, -0.25) is 14.4 Å². The van der Waals surface area contributed by atoms with Crippen LogP contribution in [0.4, 0.5) is 0 Å². The van der Waals surface area contributed by atoms with Gasteiger partial charge in [0.05, 0.1) is 18.3 Å². The molecule has 0 saturated heterocycles. The highest BCUT2D eigenvalue weighted by Gasteiger charge is 2.32. The summed E-state index contributed by atoms with van der Waals surface area (Å²) in [5.74, 6) is -1.13. The molecule has 0 bridgehead atoms. The van der Waals surface area contributed by atoms with Crippen LogP contribution < -0.4 is 26.8 Å². The van der Waals surface area contributed by atoms with Gasteiger partial charge in [-0.2, -0.15) is 0 Å². The number of nitrogens with one attached hydrogen (secondary N) is 2. The van der Waals surface area contributed by atoms with Gasteiger partial charge in [0.2, 0.25) is 11.8 Å². The summed E-state index contributed by atoms with van der Waals surface area (Å²) in [5, 5.41) is 16.8. The molecule has 0 aliphatic rings. The fraction of sp³-hybridized carbons (Fsp3) is 0.719. The van der Waals surface area contributed by atoms with E-state index in [-0.39, 0.29) is 41.9 Å². The zero-order chi connectivity index (χ0) is 31.8. The molecule has 0 heterocycles. The van der Waals surface area contributed by atoms with E-state index in [9.17, 15) is 19.5 Å². The van der Waals surface area contributed by atoms with Gasteiger partial charge in [-0.15, -0.1) is 0 Å². The van der Waals surface area contributed by atoms with E-state index in [0.717, 1.165) is 12.8 Å². The maximum Gasteiger partial charge on any atom is 0.255 e. The van der Waals surface area contributed by atoms with Crippen molar-refractivity contribution >= 4 is 17.7 Å². The zero-order valence-corrected chi connectivity index (χ0v) is 26.7. The predicted octanol–water partition coefficient (Wildman–Crippen LogP) is 3.25. The van der Waals surface area contributed by atoms with Crippen molar-refractivity contribution in [1.29, 1.82) is 0 Å². The lowest BCUT2D eigenvalue weighted by atomic mass is 9.83. The highest BCUT2D eigenvalue weighted by atomic mass is 16.5. The van der Waals surface area contributed by atoms with Crippen LogP contribution in [0.15, 0.2) is 24.3 Å². The summed E-state index contributed by atoms with van der Waals surface area (Å²) in [4.78, 5) is 38.1. The number of primary amides is 1. The van der Waals surface area contributed by atoms with Gasteiger partial charge in [0.1, 0.15) is 11.8 Å². The number of nitrogens with two attached hydrogens (primary N) is 2. The number of amides is 3. The van der Waals surface area contributed by atoms with Crippen LogP contribution in [-0.4, -0.2) is 67.9 Å². The fourth-order valence-electron chi connectivity index (χ4n) is 4.83. The molecule has 6 atom stereocenters. The third-order valence-corrected chi connectivity index (χ3v) is 8.12. The van der Waals surface area contributed by atoms with E-state index in [0.29, 0.717) is 43.9 Å². The molecule has 10 nitrogen and oxygen atoms in total. The quantitative estimate of drug-likeness (QED) is 0.137. The standard InChI is InChI=1S/C32H56N4O6/c1-8-22(6)29(30(34)38)36-32(40)25(21(4)5)18-27(37)26(33)17-23(20(2)3)19-35-31(39)24-13-9-10-14-28(24)42-16-12-11-15-41-7/h9-10,13-14,20-23,25-27,29,37H,8,11-12,15-19,33H2,1-7H3,(H2,34,38)(H,35,39)(H,36,40)/t22?,23-,25+,26+,27+,29+/m1/s1. The molecule has 42 heavy (non-hydrogen) atoms. The number of aliphatic hydroxyl groups is 1. The third-order valence-electron chi connectivity index (χ3n) is 8.12. The molecule has 3 amide bonds. The second kappa shape index (κ2) is 19.5. The van der Waals surface area contributed by atoms with Crippen molar-refractivity contribution in [1.82, 2.24) is 10.6 Å².